The van der Waals surface area contributed by atoms with Crippen LogP contribution >= 0.6 is 0 Å². The van der Waals surface area contributed by atoms with Gasteiger partial charge in [0.2, 0.25) is 5.91 Å². The van der Waals surface area contributed by atoms with Crippen LogP contribution in [0.3, 0.4) is 0 Å². The Hall–Kier alpha value is -3.27. The normalized spacial score (nSPS) is 19.5. The Morgan fingerprint density at radius 3 is 2.44 bits per heavy atom. The third-order valence-electron chi connectivity index (χ3n) is 6.16. The maximum Gasteiger partial charge on any atom is 0.340 e. The van der Waals surface area contributed by atoms with Gasteiger partial charge in [0.1, 0.15) is 5.60 Å². The largest absolute Gasteiger partial charge is 0.466 e. The van der Waals surface area contributed by atoms with Gasteiger partial charge in [-0.25, -0.2) is 9.80 Å². The van der Waals surface area contributed by atoms with E-state index < -0.39 is 23.5 Å². The summed E-state index contributed by atoms with van der Waals surface area (Å²) in [4.78, 5) is 64.3. The predicted octanol–water partition coefficient (Wildman–Crippen LogP) is 2.51. The molecule has 196 valence electrons. The van der Waals surface area contributed by atoms with Crippen molar-refractivity contribution in [2.45, 2.75) is 77.5 Å². The zero-order valence-corrected chi connectivity index (χ0v) is 21.6. The van der Waals surface area contributed by atoms with Crippen molar-refractivity contribution in [1.82, 2.24) is 15.3 Å². The minimum Gasteiger partial charge on any atom is -0.466 e. The molecular formula is C26H35N3O7. The van der Waals surface area contributed by atoms with E-state index in [2.05, 4.69) is 5.32 Å². The maximum atomic E-state index is 13.6. The molecule has 0 aliphatic carbocycles. The molecule has 1 aromatic rings. The second kappa shape index (κ2) is 11.2. The molecule has 2 heterocycles. The van der Waals surface area contributed by atoms with E-state index in [1.807, 2.05) is 0 Å². The van der Waals surface area contributed by atoms with Gasteiger partial charge in [0.15, 0.2) is 5.78 Å². The number of hydrazine groups is 1. The molecule has 2 amide bonds. The zero-order valence-electron chi connectivity index (χ0n) is 21.6. The number of hydrogen-bond donors (Lipinski definition) is 1. The summed E-state index contributed by atoms with van der Waals surface area (Å²) in [6, 6.07) is 3.73. The first-order chi connectivity index (χ1) is 16.9. The summed E-state index contributed by atoms with van der Waals surface area (Å²) in [7, 11) is 1.43. The number of hydrogen-bond acceptors (Lipinski definition) is 8. The summed E-state index contributed by atoms with van der Waals surface area (Å²) < 4.78 is 10.5. The van der Waals surface area contributed by atoms with Crippen molar-refractivity contribution in [3.05, 3.63) is 34.9 Å². The van der Waals surface area contributed by atoms with Crippen molar-refractivity contribution in [2.24, 2.45) is 0 Å². The van der Waals surface area contributed by atoms with Crippen molar-refractivity contribution in [2.75, 3.05) is 20.2 Å². The molecule has 10 heteroatoms. The molecule has 1 N–H and O–H groups in total. The average molecular weight is 502 g/mol. The number of β-lactam (4-membered cyclic amide) rings is 1. The lowest BCUT2D eigenvalue weighted by atomic mass is 9.93. The Labute approximate surface area is 211 Å². The smallest absolute Gasteiger partial charge is 0.340 e. The molecule has 0 radical (unpaired) electrons. The number of rotatable bonds is 9. The van der Waals surface area contributed by atoms with Crippen LogP contribution in [0.25, 0.3) is 0 Å². The van der Waals surface area contributed by atoms with Crippen LogP contribution in [-0.2, 0) is 19.1 Å². The van der Waals surface area contributed by atoms with Crippen LogP contribution < -0.4 is 5.32 Å². The number of ketones is 1. The lowest BCUT2D eigenvalue weighted by molar-refractivity contribution is -0.168. The van der Waals surface area contributed by atoms with E-state index in [9.17, 15) is 24.0 Å². The SMILES string of the molecule is CCOC(=O)CCC1CC(=O)N1N(C)C(=O)c1cccc(C(=O)C2CCCN2)c1C(=O)OC(C)(C)C. The number of esters is 2. The van der Waals surface area contributed by atoms with Gasteiger partial charge >= 0.3 is 11.9 Å². The molecule has 36 heavy (non-hydrogen) atoms. The van der Waals surface area contributed by atoms with Crippen LogP contribution in [0.2, 0.25) is 0 Å². The highest BCUT2D eigenvalue weighted by atomic mass is 16.6. The Kier molecular flexibility index (Phi) is 8.50. The second-order valence-corrected chi connectivity index (χ2v) is 10.0. The number of Topliss-reactive ketones (excluding diaryl/α,β-unsaturated/α-hetero) is 1. The quantitative estimate of drug-likeness (QED) is 0.311. The third-order valence-corrected chi connectivity index (χ3v) is 6.16. The monoisotopic (exact) mass is 501 g/mol. The molecule has 2 atom stereocenters. The van der Waals surface area contributed by atoms with Gasteiger partial charge in [0, 0.05) is 19.0 Å². The molecule has 2 saturated heterocycles. The predicted molar refractivity (Wildman–Crippen MR) is 130 cm³/mol. The Balaban J connectivity index is 1.91. The Morgan fingerprint density at radius 1 is 1.17 bits per heavy atom. The number of benzene rings is 1. The van der Waals surface area contributed by atoms with Crippen LogP contribution in [0.1, 0.15) is 90.9 Å². The first-order valence-corrected chi connectivity index (χ1v) is 12.3. The van der Waals surface area contributed by atoms with Crippen molar-refractivity contribution in [3.8, 4) is 0 Å². The van der Waals surface area contributed by atoms with E-state index in [1.165, 1.54) is 24.2 Å². The van der Waals surface area contributed by atoms with Gasteiger partial charge in [-0.2, -0.15) is 0 Å². The van der Waals surface area contributed by atoms with Crippen LogP contribution in [0.5, 0.6) is 0 Å². The minimum atomic E-state index is -0.850. The molecular weight excluding hydrogens is 466 g/mol. The standard InChI is InChI=1S/C26H35N3O7/c1-6-35-21(31)13-12-16-15-20(30)29(16)28(5)24(33)18-10-7-9-17(23(32)19-11-8-14-27-19)22(18)25(34)36-26(2,3)4/h7,9-10,16,19,27H,6,8,11-15H2,1-5H3. The molecule has 3 rings (SSSR count). The van der Waals surface area contributed by atoms with Crippen molar-refractivity contribution in [3.63, 3.8) is 0 Å². The van der Waals surface area contributed by atoms with E-state index >= 15 is 0 Å². The van der Waals surface area contributed by atoms with E-state index in [0.717, 1.165) is 11.4 Å². The fourth-order valence-corrected chi connectivity index (χ4v) is 4.48. The van der Waals surface area contributed by atoms with E-state index in [1.54, 1.807) is 33.8 Å². The summed E-state index contributed by atoms with van der Waals surface area (Å²) in [6.45, 7) is 7.79. The van der Waals surface area contributed by atoms with Gasteiger partial charge in [-0.3, -0.25) is 24.2 Å². The summed E-state index contributed by atoms with van der Waals surface area (Å²) in [5.74, 6) is -2.34. The van der Waals surface area contributed by atoms with Crippen molar-refractivity contribution >= 4 is 29.5 Å². The Bertz CT molecular complexity index is 1040. The van der Waals surface area contributed by atoms with Gasteiger partial charge < -0.3 is 14.8 Å². The Morgan fingerprint density at radius 2 is 1.86 bits per heavy atom. The van der Waals surface area contributed by atoms with Gasteiger partial charge in [-0.1, -0.05) is 12.1 Å². The topological polar surface area (TPSA) is 122 Å². The highest BCUT2D eigenvalue weighted by molar-refractivity contribution is 6.14. The molecule has 0 spiro atoms. The molecule has 2 unspecified atom stereocenters. The van der Waals surface area contributed by atoms with Gasteiger partial charge in [0.25, 0.3) is 5.91 Å². The minimum absolute atomic E-state index is 0.0283. The number of carbonyl (C=O) groups is 5. The molecule has 2 aliphatic heterocycles. The number of ether oxygens (including phenoxy) is 2. The molecule has 2 fully saturated rings. The van der Waals surface area contributed by atoms with Crippen LogP contribution in [-0.4, -0.2) is 77.4 Å². The number of amides is 2. The summed E-state index contributed by atoms with van der Waals surface area (Å²) in [5, 5.41) is 5.56. The van der Waals surface area contributed by atoms with Gasteiger partial charge in [-0.05, 0) is 59.6 Å². The van der Waals surface area contributed by atoms with Crippen LogP contribution in [0.4, 0.5) is 0 Å². The lowest BCUT2D eigenvalue weighted by Gasteiger charge is -2.45. The van der Waals surface area contributed by atoms with Crippen molar-refractivity contribution in [1.29, 1.82) is 0 Å². The first kappa shape index (κ1) is 27.3. The average Bonchev–Trinajstić information content (AvgIpc) is 3.34. The zero-order chi connectivity index (χ0) is 26.6. The van der Waals surface area contributed by atoms with Crippen LogP contribution in [0.15, 0.2) is 18.2 Å². The third kappa shape index (κ3) is 6.10. The fourth-order valence-electron chi connectivity index (χ4n) is 4.48. The van der Waals surface area contributed by atoms with Crippen molar-refractivity contribution < 1.29 is 33.4 Å². The molecule has 0 saturated carbocycles. The molecule has 0 bridgehead atoms. The summed E-state index contributed by atoms with van der Waals surface area (Å²) in [5.41, 5.74) is -0.883. The van der Waals surface area contributed by atoms with Crippen LogP contribution in [0, 0.1) is 0 Å². The van der Waals surface area contributed by atoms with E-state index in [0.29, 0.717) is 19.4 Å². The molecule has 0 aromatic heterocycles. The number of carbonyl (C=O) groups excluding carboxylic acids is 5. The molecule has 10 nitrogen and oxygen atoms in total. The van der Waals surface area contributed by atoms with E-state index in [4.69, 9.17) is 9.47 Å². The van der Waals surface area contributed by atoms with Gasteiger partial charge in [0.05, 0.1) is 36.2 Å². The second-order valence-electron chi connectivity index (χ2n) is 10.0. The molecule has 2 aliphatic rings. The molecule has 1 aromatic carbocycles. The fraction of sp³-hybridized carbons (Fsp3) is 0.577. The maximum absolute atomic E-state index is 13.6. The number of nitrogens with one attached hydrogen (secondary N) is 1. The highest BCUT2D eigenvalue weighted by Gasteiger charge is 2.42. The van der Waals surface area contributed by atoms with Gasteiger partial charge in [-0.15, -0.1) is 0 Å². The summed E-state index contributed by atoms with van der Waals surface area (Å²) in [6.07, 6.45) is 2.12. The number of nitrogens with zero attached hydrogens (tertiary/aromatic N) is 2. The highest BCUT2D eigenvalue weighted by Crippen LogP contribution is 2.29. The lowest BCUT2D eigenvalue weighted by Crippen LogP contribution is -2.61. The first-order valence-electron chi connectivity index (χ1n) is 12.3. The summed E-state index contributed by atoms with van der Waals surface area (Å²) >= 11 is 0. The van der Waals surface area contributed by atoms with E-state index in [-0.39, 0.29) is 59.8 Å².